The van der Waals surface area contributed by atoms with Crippen LogP contribution in [0.3, 0.4) is 0 Å². The molecule has 100 valence electrons. The van der Waals surface area contributed by atoms with Crippen LogP contribution in [-0.4, -0.2) is 21.2 Å². The molecular weight excluding hydrogens is 244 g/mol. The molecule has 0 aliphatic carbocycles. The van der Waals surface area contributed by atoms with E-state index in [1.807, 2.05) is 25.1 Å². The van der Waals surface area contributed by atoms with Crippen LogP contribution >= 0.6 is 0 Å². The number of amides is 2. The lowest BCUT2D eigenvalue weighted by atomic mass is 10.1. The minimum atomic E-state index is -0.307. The first kappa shape index (κ1) is 13.0. The molecule has 2 rings (SSSR count). The largest absolute Gasteiger partial charge is 0.331 e. The lowest BCUT2D eigenvalue weighted by Crippen LogP contribution is -2.28. The Labute approximate surface area is 110 Å². The summed E-state index contributed by atoms with van der Waals surface area (Å²) in [6.45, 7) is 2.18. The Morgan fingerprint density at radius 2 is 2.37 bits per heavy atom. The van der Waals surface area contributed by atoms with Crippen LogP contribution in [0.1, 0.15) is 24.4 Å². The second-order valence-corrected chi connectivity index (χ2v) is 4.15. The average Bonchev–Trinajstić information content (AvgIpc) is 2.90. The van der Waals surface area contributed by atoms with E-state index in [1.165, 1.54) is 6.33 Å². The summed E-state index contributed by atoms with van der Waals surface area (Å²) < 4.78 is 0. The number of hydrogen-bond donors (Lipinski definition) is 4. The molecule has 2 amide bonds. The second kappa shape index (κ2) is 5.96. The number of nitrogens with one attached hydrogen (secondary N) is 3. The lowest BCUT2D eigenvalue weighted by Gasteiger charge is -2.10. The van der Waals surface area contributed by atoms with Gasteiger partial charge in [0.2, 0.25) is 0 Å². The number of carbonyl (C=O) groups excluding carboxylic acids is 1. The Kier molecular flexibility index (Phi) is 4.09. The number of benzene rings is 1. The molecule has 5 N–H and O–H groups in total. The summed E-state index contributed by atoms with van der Waals surface area (Å²) in [5.41, 5.74) is 7.45. The summed E-state index contributed by atoms with van der Waals surface area (Å²) in [5, 5.41) is 11.8. The van der Waals surface area contributed by atoms with Crippen LogP contribution in [0.15, 0.2) is 30.6 Å². The molecule has 1 atom stereocenters. The van der Waals surface area contributed by atoms with Crippen LogP contribution < -0.4 is 16.4 Å². The van der Waals surface area contributed by atoms with Gasteiger partial charge in [-0.15, -0.1) is 0 Å². The van der Waals surface area contributed by atoms with Gasteiger partial charge in [0.15, 0.2) is 0 Å². The topological polar surface area (TPSA) is 109 Å². The third kappa shape index (κ3) is 3.78. The highest BCUT2D eigenvalue weighted by molar-refractivity contribution is 5.89. The Hall–Kier alpha value is -2.41. The zero-order valence-electron chi connectivity index (χ0n) is 10.6. The molecule has 1 aromatic carbocycles. The number of rotatable bonds is 4. The van der Waals surface area contributed by atoms with Crippen LogP contribution in [0.25, 0.3) is 0 Å². The fraction of sp³-hybridized carbons (Fsp3) is 0.250. The average molecular weight is 260 g/mol. The van der Waals surface area contributed by atoms with Crippen molar-refractivity contribution >= 4 is 11.7 Å². The lowest BCUT2D eigenvalue weighted by molar-refractivity contribution is 0.251. The van der Waals surface area contributed by atoms with E-state index in [4.69, 9.17) is 5.73 Å². The normalized spacial score (nSPS) is 11.9. The highest BCUT2D eigenvalue weighted by atomic mass is 16.2. The van der Waals surface area contributed by atoms with Gasteiger partial charge in [-0.05, 0) is 24.6 Å². The number of anilines is 1. The van der Waals surface area contributed by atoms with Crippen LogP contribution in [-0.2, 0) is 6.54 Å². The molecule has 0 aliphatic heterocycles. The molecule has 1 aromatic heterocycles. The van der Waals surface area contributed by atoms with Crippen LogP contribution in [0.5, 0.6) is 0 Å². The summed E-state index contributed by atoms with van der Waals surface area (Å²) in [5.74, 6) is 0.597. The first-order valence-corrected chi connectivity index (χ1v) is 5.90. The minimum absolute atomic E-state index is 0.0704. The molecule has 7 heteroatoms. The maximum absolute atomic E-state index is 11.7. The number of carbonyl (C=O) groups is 1. The summed E-state index contributed by atoms with van der Waals surface area (Å²) in [6.07, 6.45) is 1.39. The van der Waals surface area contributed by atoms with Crippen molar-refractivity contribution < 1.29 is 4.79 Å². The number of aromatic amines is 1. The van der Waals surface area contributed by atoms with E-state index in [2.05, 4.69) is 25.8 Å². The molecule has 0 aliphatic rings. The molecule has 0 radical (unpaired) electrons. The van der Waals surface area contributed by atoms with E-state index < -0.39 is 0 Å². The number of nitrogens with zero attached hydrogens (tertiary/aromatic N) is 2. The Bertz CT molecular complexity index is 537. The van der Waals surface area contributed by atoms with Gasteiger partial charge in [0.05, 0.1) is 6.54 Å². The van der Waals surface area contributed by atoms with Crippen molar-refractivity contribution in [3.63, 3.8) is 0 Å². The van der Waals surface area contributed by atoms with Crippen molar-refractivity contribution in [1.82, 2.24) is 20.5 Å². The van der Waals surface area contributed by atoms with Gasteiger partial charge in [0.1, 0.15) is 12.2 Å². The van der Waals surface area contributed by atoms with Gasteiger partial charge in [-0.1, -0.05) is 12.1 Å². The summed E-state index contributed by atoms with van der Waals surface area (Å²) in [6, 6.07) is 7.04. The third-order valence-electron chi connectivity index (χ3n) is 2.55. The maximum Gasteiger partial charge on any atom is 0.319 e. The van der Waals surface area contributed by atoms with Gasteiger partial charge in [-0.25, -0.2) is 9.78 Å². The van der Waals surface area contributed by atoms with Crippen molar-refractivity contribution in [2.24, 2.45) is 5.73 Å². The number of nitrogens with two attached hydrogens (primary N) is 1. The molecule has 1 unspecified atom stereocenters. The minimum Gasteiger partial charge on any atom is -0.331 e. The van der Waals surface area contributed by atoms with Gasteiger partial charge >= 0.3 is 6.03 Å². The third-order valence-corrected chi connectivity index (χ3v) is 2.55. The monoisotopic (exact) mass is 260 g/mol. The van der Waals surface area contributed by atoms with Crippen molar-refractivity contribution in [3.05, 3.63) is 42.0 Å². The van der Waals surface area contributed by atoms with Crippen LogP contribution in [0.2, 0.25) is 0 Å². The molecule has 0 saturated heterocycles. The highest BCUT2D eigenvalue weighted by Crippen LogP contribution is 2.15. The SMILES string of the molecule is CC(N)c1cccc(NC(=O)NCc2ncn[nH]2)c1. The Morgan fingerprint density at radius 3 is 3.05 bits per heavy atom. The van der Waals surface area contributed by atoms with Crippen LogP contribution in [0, 0.1) is 0 Å². The van der Waals surface area contributed by atoms with Gasteiger partial charge in [0, 0.05) is 11.7 Å². The number of hydrogen-bond acceptors (Lipinski definition) is 4. The van der Waals surface area contributed by atoms with E-state index in [0.29, 0.717) is 18.1 Å². The molecule has 0 spiro atoms. The highest BCUT2D eigenvalue weighted by Gasteiger charge is 2.05. The smallest absolute Gasteiger partial charge is 0.319 e. The van der Waals surface area contributed by atoms with Crippen molar-refractivity contribution in [2.75, 3.05) is 5.32 Å². The number of aromatic nitrogens is 3. The van der Waals surface area contributed by atoms with E-state index in [0.717, 1.165) is 5.56 Å². The quantitative estimate of drug-likeness (QED) is 0.661. The molecule has 0 fully saturated rings. The predicted molar refractivity (Wildman–Crippen MR) is 71.3 cm³/mol. The predicted octanol–water partition coefficient (Wildman–Crippen LogP) is 1.15. The summed E-state index contributed by atoms with van der Waals surface area (Å²) in [4.78, 5) is 15.6. The molecular formula is C12H16N6O. The van der Waals surface area contributed by atoms with E-state index in [9.17, 15) is 4.79 Å². The van der Waals surface area contributed by atoms with E-state index in [-0.39, 0.29) is 12.1 Å². The molecule has 0 saturated carbocycles. The molecule has 7 nitrogen and oxygen atoms in total. The molecule has 19 heavy (non-hydrogen) atoms. The zero-order chi connectivity index (χ0) is 13.7. The van der Waals surface area contributed by atoms with Crippen molar-refractivity contribution in [1.29, 1.82) is 0 Å². The maximum atomic E-state index is 11.7. The van der Waals surface area contributed by atoms with Gasteiger partial charge in [-0.2, -0.15) is 5.10 Å². The number of urea groups is 1. The van der Waals surface area contributed by atoms with Crippen LogP contribution in [0.4, 0.5) is 10.5 Å². The van der Waals surface area contributed by atoms with Gasteiger partial charge in [-0.3, -0.25) is 5.10 Å². The Balaban J connectivity index is 1.89. The van der Waals surface area contributed by atoms with E-state index in [1.54, 1.807) is 6.07 Å². The molecule has 1 heterocycles. The van der Waals surface area contributed by atoms with Gasteiger partial charge in [0.25, 0.3) is 0 Å². The first-order valence-electron chi connectivity index (χ1n) is 5.90. The summed E-state index contributed by atoms with van der Waals surface area (Å²) >= 11 is 0. The zero-order valence-corrected chi connectivity index (χ0v) is 10.6. The number of H-pyrrole nitrogens is 1. The van der Waals surface area contributed by atoms with Gasteiger partial charge < -0.3 is 16.4 Å². The molecule has 0 bridgehead atoms. The standard InChI is InChI=1S/C12H16N6O/c1-8(13)9-3-2-4-10(5-9)17-12(19)14-6-11-15-7-16-18-11/h2-5,7-8H,6,13H2,1H3,(H2,14,17,19)(H,15,16,18). The second-order valence-electron chi connectivity index (χ2n) is 4.15. The Morgan fingerprint density at radius 1 is 1.53 bits per heavy atom. The molecule has 2 aromatic rings. The summed E-state index contributed by atoms with van der Waals surface area (Å²) in [7, 11) is 0. The fourth-order valence-corrected chi connectivity index (χ4v) is 1.55. The first-order chi connectivity index (χ1) is 9.15. The van der Waals surface area contributed by atoms with E-state index >= 15 is 0 Å². The fourth-order valence-electron chi connectivity index (χ4n) is 1.55. The van der Waals surface area contributed by atoms with Crippen molar-refractivity contribution in [3.8, 4) is 0 Å². The van der Waals surface area contributed by atoms with Crippen molar-refractivity contribution in [2.45, 2.75) is 19.5 Å².